The van der Waals surface area contributed by atoms with Crippen LogP contribution in [-0.4, -0.2) is 0 Å². The van der Waals surface area contributed by atoms with E-state index in [-0.39, 0.29) is 16.2 Å². The van der Waals surface area contributed by atoms with Gasteiger partial charge in [-0.15, -0.1) is 0 Å². The minimum Gasteiger partial charge on any atom is -0.309 e. The first kappa shape index (κ1) is 36.6. The summed E-state index contributed by atoms with van der Waals surface area (Å²) in [6, 6.07) is 66.7. The van der Waals surface area contributed by atoms with Crippen molar-refractivity contribution in [3.05, 3.63) is 209 Å². The molecule has 8 aromatic rings. The zero-order chi connectivity index (χ0) is 41.0. The second kappa shape index (κ2) is 13.3. The molecule has 0 saturated heterocycles. The zero-order valence-electron chi connectivity index (χ0n) is 35.6. The van der Waals surface area contributed by atoms with Gasteiger partial charge in [-0.05, 0) is 115 Å². The van der Waals surface area contributed by atoms with Crippen molar-refractivity contribution < 1.29 is 0 Å². The van der Waals surface area contributed by atoms with Gasteiger partial charge in [0.1, 0.15) is 0 Å². The normalized spacial score (nSPS) is 15.4. The molecule has 292 valence electrons. The molecule has 0 aliphatic heterocycles. The van der Waals surface area contributed by atoms with E-state index in [0.717, 1.165) is 12.8 Å². The summed E-state index contributed by atoms with van der Waals surface area (Å²) in [6.45, 7) is 14.3. The molecule has 0 spiro atoms. The highest BCUT2D eigenvalue weighted by Gasteiger charge is 2.42. The molecule has 0 atom stereocenters. The molecule has 0 unspecified atom stereocenters. The topological polar surface area (TPSA) is 3.24 Å². The van der Waals surface area contributed by atoms with Crippen molar-refractivity contribution in [2.45, 2.75) is 70.6 Å². The number of hydrogen-bond acceptors (Lipinski definition) is 1. The summed E-state index contributed by atoms with van der Waals surface area (Å²) in [7, 11) is 0. The highest BCUT2D eigenvalue weighted by Crippen LogP contribution is 2.58. The summed E-state index contributed by atoms with van der Waals surface area (Å²) in [6.07, 6.45) is 2.09. The molecule has 1 heteroatoms. The third kappa shape index (κ3) is 4.93. The minimum absolute atomic E-state index is 0.0573. The van der Waals surface area contributed by atoms with Crippen LogP contribution in [0.25, 0.3) is 55.6 Å². The number of hydrogen-bond donors (Lipinski definition) is 0. The summed E-state index contributed by atoms with van der Waals surface area (Å²) >= 11 is 0. The summed E-state index contributed by atoms with van der Waals surface area (Å²) in [5.74, 6) is 0. The van der Waals surface area contributed by atoms with Gasteiger partial charge in [0.15, 0.2) is 0 Å². The molecule has 0 fully saturated rings. The van der Waals surface area contributed by atoms with Gasteiger partial charge in [0.05, 0.1) is 11.4 Å². The Bertz CT molecular complexity index is 3030. The van der Waals surface area contributed by atoms with Gasteiger partial charge >= 0.3 is 0 Å². The monoisotopic (exact) mass is 773 g/mol. The molecule has 0 N–H and O–H groups in total. The number of rotatable bonds is 7. The van der Waals surface area contributed by atoms with Crippen LogP contribution in [0, 0.1) is 0 Å². The van der Waals surface area contributed by atoms with E-state index >= 15 is 0 Å². The van der Waals surface area contributed by atoms with Gasteiger partial charge in [0.2, 0.25) is 0 Å². The Balaban J connectivity index is 1.20. The van der Waals surface area contributed by atoms with Crippen LogP contribution >= 0.6 is 0 Å². The van der Waals surface area contributed by atoms with E-state index in [9.17, 15) is 0 Å². The first-order valence-corrected chi connectivity index (χ1v) is 21.9. The lowest BCUT2D eigenvalue weighted by molar-refractivity contribution is 0.490. The molecule has 0 heterocycles. The largest absolute Gasteiger partial charge is 0.309 e. The Morgan fingerprint density at radius 2 is 0.783 bits per heavy atom. The van der Waals surface area contributed by atoms with E-state index in [1.165, 1.54) is 106 Å². The third-order valence-electron chi connectivity index (χ3n) is 14.8. The van der Waals surface area contributed by atoms with Crippen molar-refractivity contribution >= 4 is 17.1 Å². The smallest absolute Gasteiger partial charge is 0.0540 e. The third-order valence-corrected chi connectivity index (χ3v) is 14.8. The fraction of sp³-hybridized carbons (Fsp3) is 0.186. The predicted molar refractivity (Wildman–Crippen MR) is 254 cm³/mol. The lowest BCUT2D eigenvalue weighted by Gasteiger charge is -2.34. The highest BCUT2D eigenvalue weighted by molar-refractivity contribution is 6.01. The van der Waals surface area contributed by atoms with Crippen molar-refractivity contribution in [2.24, 2.45) is 0 Å². The molecule has 1 nitrogen and oxygen atoms in total. The molecular weight excluding hydrogens is 723 g/mol. The fourth-order valence-corrected chi connectivity index (χ4v) is 11.8. The van der Waals surface area contributed by atoms with Gasteiger partial charge in [0, 0.05) is 33.1 Å². The quantitative estimate of drug-likeness (QED) is 0.156. The first-order valence-electron chi connectivity index (χ1n) is 21.9. The maximum atomic E-state index is 2.59. The van der Waals surface area contributed by atoms with Crippen LogP contribution in [0.4, 0.5) is 17.1 Å². The van der Waals surface area contributed by atoms with Crippen molar-refractivity contribution in [3.63, 3.8) is 0 Å². The fourth-order valence-electron chi connectivity index (χ4n) is 11.8. The van der Waals surface area contributed by atoms with E-state index in [2.05, 4.69) is 222 Å². The van der Waals surface area contributed by atoms with E-state index in [4.69, 9.17) is 0 Å². The van der Waals surface area contributed by atoms with Gasteiger partial charge < -0.3 is 4.90 Å². The predicted octanol–water partition coefficient (Wildman–Crippen LogP) is 16.2. The van der Waals surface area contributed by atoms with Crippen LogP contribution < -0.4 is 4.90 Å². The summed E-state index contributed by atoms with van der Waals surface area (Å²) < 4.78 is 0. The van der Waals surface area contributed by atoms with Gasteiger partial charge in [-0.2, -0.15) is 0 Å². The number of para-hydroxylation sites is 2. The molecule has 0 radical (unpaired) electrons. The maximum absolute atomic E-state index is 2.59. The number of benzene rings is 8. The number of nitrogens with zero attached hydrogens (tertiary/aromatic N) is 1. The van der Waals surface area contributed by atoms with E-state index < -0.39 is 0 Å². The van der Waals surface area contributed by atoms with Crippen molar-refractivity contribution in [2.75, 3.05) is 4.90 Å². The van der Waals surface area contributed by atoms with Crippen LogP contribution in [0.5, 0.6) is 0 Å². The van der Waals surface area contributed by atoms with Crippen LogP contribution in [0.2, 0.25) is 0 Å². The van der Waals surface area contributed by atoms with E-state index in [0.29, 0.717) is 0 Å². The molecule has 11 rings (SSSR count). The van der Waals surface area contributed by atoms with Gasteiger partial charge in [-0.25, -0.2) is 0 Å². The number of anilines is 3. The van der Waals surface area contributed by atoms with Crippen molar-refractivity contribution in [1.82, 2.24) is 0 Å². The van der Waals surface area contributed by atoms with Gasteiger partial charge in [-0.3, -0.25) is 0 Å². The summed E-state index contributed by atoms with van der Waals surface area (Å²) in [5.41, 5.74) is 24.8. The average Bonchev–Trinajstić information content (AvgIpc) is 3.81. The SMILES string of the molecule is CCC1(CC)c2ccccc2-c2ccc(N(c3ccccc3-c3cccc4c3-c3ccccc3C4(C)C)c3ccccc3-c3cccc4c3C(C)(C)c3ccccc3-4)cc21. The average molecular weight is 774 g/mol. The molecule has 0 aromatic heterocycles. The Labute approximate surface area is 356 Å². The lowest BCUT2D eigenvalue weighted by Crippen LogP contribution is -2.23. The second-order valence-corrected chi connectivity index (χ2v) is 18.2. The molecule has 0 amide bonds. The Kier molecular flexibility index (Phi) is 8.11. The molecule has 0 saturated carbocycles. The van der Waals surface area contributed by atoms with E-state index in [1.54, 1.807) is 0 Å². The Morgan fingerprint density at radius 1 is 0.350 bits per heavy atom. The van der Waals surface area contributed by atoms with Gasteiger partial charge in [-0.1, -0.05) is 193 Å². The summed E-state index contributed by atoms with van der Waals surface area (Å²) in [4.78, 5) is 2.59. The maximum Gasteiger partial charge on any atom is 0.0540 e. The van der Waals surface area contributed by atoms with Gasteiger partial charge in [0.25, 0.3) is 0 Å². The standard InChI is InChI=1S/C59H51N/c1-7-59(8-2)50-31-16-10-21-39(50)41-36-35-38(37-52(41)59)60(53-33-17-12-23-42(53)44-26-20-32-51-55(44)47-25-11-15-30-49(47)57(51,3)4)54-34-18-13-24-43(54)46-28-19-27-45-40-22-9-14-29-48(40)58(5,6)56(45)46/h9-37H,7-8H2,1-6H3. The Morgan fingerprint density at radius 3 is 1.43 bits per heavy atom. The highest BCUT2D eigenvalue weighted by atomic mass is 15.1. The second-order valence-electron chi connectivity index (χ2n) is 18.2. The molecule has 3 aliphatic carbocycles. The minimum atomic E-state index is -0.162. The van der Waals surface area contributed by atoms with E-state index in [1.807, 2.05) is 0 Å². The molecule has 60 heavy (non-hydrogen) atoms. The molecular formula is C59H51N. The van der Waals surface area contributed by atoms with Crippen LogP contribution in [0.15, 0.2) is 176 Å². The molecule has 0 bridgehead atoms. The van der Waals surface area contributed by atoms with Crippen LogP contribution in [0.1, 0.15) is 87.8 Å². The van der Waals surface area contributed by atoms with Crippen LogP contribution in [-0.2, 0) is 16.2 Å². The van der Waals surface area contributed by atoms with Crippen molar-refractivity contribution in [3.8, 4) is 55.6 Å². The Hall–Kier alpha value is -6.44. The lowest BCUT2D eigenvalue weighted by atomic mass is 9.74. The molecule has 8 aromatic carbocycles. The number of fused-ring (bicyclic) bond motifs is 9. The molecule has 3 aliphatic rings. The zero-order valence-corrected chi connectivity index (χ0v) is 35.6. The van der Waals surface area contributed by atoms with Crippen molar-refractivity contribution in [1.29, 1.82) is 0 Å². The van der Waals surface area contributed by atoms with Crippen LogP contribution in [0.3, 0.4) is 0 Å². The first-order chi connectivity index (χ1) is 29.2. The summed E-state index contributed by atoms with van der Waals surface area (Å²) in [5, 5.41) is 0.